The lowest BCUT2D eigenvalue weighted by Crippen LogP contribution is -2.25. The highest BCUT2D eigenvalue weighted by Crippen LogP contribution is 2.37. The molecule has 2 nitrogen and oxygen atoms in total. The van der Waals surface area contributed by atoms with Crippen molar-refractivity contribution in [3.63, 3.8) is 0 Å². The van der Waals surface area contributed by atoms with Gasteiger partial charge in [0.15, 0.2) is 0 Å². The van der Waals surface area contributed by atoms with Crippen LogP contribution in [0.4, 0.5) is 13.2 Å². The van der Waals surface area contributed by atoms with Gasteiger partial charge in [-0.2, -0.15) is 8.78 Å². The molecule has 1 rings (SSSR count). The minimum absolute atomic E-state index is 0.0868. The standard InChI is InChI=1S/C12H10ClF3O2/c1-12(5-9(15)16,6-10(17)18)11-7(13)3-2-4-8(11)14/h2-5H,6H2,1H3,(H,17,18). The Morgan fingerprint density at radius 1 is 1.50 bits per heavy atom. The summed E-state index contributed by atoms with van der Waals surface area (Å²) >= 11 is 5.77. The molecule has 0 spiro atoms. The summed E-state index contributed by atoms with van der Waals surface area (Å²) in [6, 6.07) is 3.69. The van der Waals surface area contributed by atoms with Crippen LogP contribution in [0.15, 0.2) is 30.4 Å². The zero-order valence-corrected chi connectivity index (χ0v) is 10.1. The summed E-state index contributed by atoms with van der Waals surface area (Å²) in [4.78, 5) is 10.8. The van der Waals surface area contributed by atoms with Crippen LogP contribution in [0.2, 0.25) is 5.02 Å². The lowest BCUT2D eigenvalue weighted by Gasteiger charge is -2.25. The van der Waals surface area contributed by atoms with Crippen molar-refractivity contribution in [3.05, 3.63) is 46.8 Å². The second kappa shape index (κ2) is 5.44. The van der Waals surface area contributed by atoms with E-state index in [0.29, 0.717) is 6.08 Å². The van der Waals surface area contributed by atoms with Crippen LogP contribution in [0.25, 0.3) is 0 Å². The number of halogens is 4. The Morgan fingerprint density at radius 2 is 2.11 bits per heavy atom. The van der Waals surface area contributed by atoms with E-state index >= 15 is 0 Å². The third kappa shape index (κ3) is 3.26. The molecule has 6 heteroatoms. The first kappa shape index (κ1) is 14.6. The van der Waals surface area contributed by atoms with Crippen LogP contribution in [-0.4, -0.2) is 11.1 Å². The van der Waals surface area contributed by atoms with E-state index in [4.69, 9.17) is 16.7 Å². The molecule has 0 radical (unpaired) electrons. The SMILES string of the molecule is CC(C=C(F)F)(CC(=O)O)c1c(F)cccc1Cl. The first-order chi connectivity index (χ1) is 8.26. The molecule has 0 amide bonds. The number of allylic oxidation sites excluding steroid dienone is 1. The fraction of sp³-hybridized carbons (Fsp3) is 0.250. The van der Waals surface area contributed by atoms with Crippen molar-refractivity contribution in [1.82, 2.24) is 0 Å². The van der Waals surface area contributed by atoms with Crippen molar-refractivity contribution in [2.75, 3.05) is 0 Å². The quantitative estimate of drug-likeness (QED) is 0.904. The molecule has 0 saturated carbocycles. The fourth-order valence-electron chi connectivity index (χ4n) is 1.81. The van der Waals surface area contributed by atoms with Gasteiger partial charge in [-0.3, -0.25) is 4.79 Å². The third-order valence-electron chi connectivity index (χ3n) is 2.48. The molecule has 18 heavy (non-hydrogen) atoms. The summed E-state index contributed by atoms with van der Waals surface area (Å²) in [6.45, 7) is 1.20. The third-order valence-corrected chi connectivity index (χ3v) is 2.79. The molecule has 98 valence electrons. The van der Waals surface area contributed by atoms with Gasteiger partial charge in [0.2, 0.25) is 0 Å². The fourth-order valence-corrected chi connectivity index (χ4v) is 2.19. The molecule has 0 bridgehead atoms. The Hall–Kier alpha value is -1.49. The van der Waals surface area contributed by atoms with E-state index in [0.717, 1.165) is 6.07 Å². The van der Waals surface area contributed by atoms with Gasteiger partial charge in [0, 0.05) is 16.0 Å². The maximum atomic E-state index is 13.7. The van der Waals surface area contributed by atoms with Crippen molar-refractivity contribution >= 4 is 17.6 Å². The minimum Gasteiger partial charge on any atom is -0.481 e. The highest BCUT2D eigenvalue weighted by molar-refractivity contribution is 6.31. The molecule has 0 saturated heterocycles. The van der Waals surface area contributed by atoms with Crippen molar-refractivity contribution in [3.8, 4) is 0 Å². The predicted octanol–water partition coefficient (Wildman–Crippen LogP) is 3.99. The maximum absolute atomic E-state index is 13.7. The van der Waals surface area contributed by atoms with Crippen molar-refractivity contribution < 1.29 is 23.1 Å². The molecule has 0 aromatic heterocycles. The largest absolute Gasteiger partial charge is 0.481 e. The Morgan fingerprint density at radius 3 is 2.56 bits per heavy atom. The van der Waals surface area contributed by atoms with E-state index in [1.807, 2.05) is 0 Å². The van der Waals surface area contributed by atoms with Gasteiger partial charge in [0.05, 0.1) is 6.42 Å². The minimum atomic E-state index is -2.09. The van der Waals surface area contributed by atoms with Gasteiger partial charge >= 0.3 is 5.97 Å². The summed E-state index contributed by atoms with van der Waals surface area (Å²) in [5.41, 5.74) is -1.95. The van der Waals surface area contributed by atoms with E-state index < -0.39 is 29.7 Å². The smallest absolute Gasteiger partial charge is 0.304 e. The molecule has 0 aliphatic carbocycles. The monoisotopic (exact) mass is 278 g/mol. The molecular formula is C12H10ClF3O2. The van der Waals surface area contributed by atoms with E-state index in [9.17, 15) is 18.0 Å². The van der Waals surface area contributed by atoms with Gasteiger partial charge in [-0.15, -0.1) is 0 Å². The number of rotatable bonds is 4. The normalized spacial score (nSPS) is 13.8. The van der Waals surface area contributed by atoms with Gasteiger partial charge in [-0.05, 0) is 18.2 Å². The molecule has 0 aliphatic rings. The molecule has 1 aromatic carbocycles. The predicted molar refractivity (Wildman–Crippen MR) is 61.3 cm³/mol. The van der Waals surface area contributed by atoms with Gasteiger partial charge in [-0.1, -0.05) is 24.6 Å². The first-order valence-electron chi connectivity index (χ1n) is 4.96. The molecular weight excluding hydrogens is 269 g/mol. The number of hydrogen-bond acceptors (Lipinski definition) is 1. The summed E-state index contributed by atoms with van der Waals surface area (Å²) in [6.07, 6.45) is -2.37. The van der Waals surface area contributed by atoms with E-state index in [2.05, 4.69) is 0 Å². The highest BCUT2D eigenvalue weighted by atomic mass is 35.5. The molecule has 1 atom stereocenters. The van der Waals surface area contributed by atoms with Gasteiger partial charge in [0.25, 0.3) is 6.08 Å². The highest BCUT2D eigenvalue weighted by Gasteiger charge is 2.33. The molecule has 0 aliphatic heterocycles. The number of carboxylic acid groups (broad SMARTS) is 1. The van der Waals surface area contributed by atoms with Crippen LogP contribution >= 0.6 is 11.6 Å². The van der Waals surface area contributed by atoms with Crippen LogP contribution in [0.5, 0.6) is 0 Å². The van der Waals surface area contributed by atoms with Gasteiger partial charge < -0.3 is 5.11 Å². The number of carboxylic acids is 1. The number of aliphatic carboxylic acids is 1. The summed E-state index contributed by atoms with van der Waals surface area (Å²) < 4.78 is 38.6. The maximum Gasteiger partial charge on any atom is 0.304 e. The summed E-state index contributed by atoms with van der Waals surface area (Å²) in [5.74, 6) is -2.14. The van der Waals surface area contributed by atoms with Crippen LogP contribution < -0.4 is 0 Å². The van der Waals surface area contributed by atoms with E-state index in [1.54, 1.807) is 0 Å². The summed E-state index contributed by atoms with van der Waals surface area (Å²) in [7, 11) is 0. The number of benzene rings is 1. The molecule has 1 unspecified atom stereocenters. The lowest BCUT2D eigenvalue weighted by atomic mass is 9.79. The van der Waals surface area contributed by atoms with Gasteiger partial charge in [0.1, 0.15) is 5.82 Å². The Kier molecular flexibility index (Phi) is 4.40. The average Bonchev–Trinajstić information content (AvgIpc) is 2.13. The van der Waals surface area contributed by atoms with Gasteiger partial charge in [-0.25, -0.2) is 4.39 Å². The second-order valence-electron chi connectivity index (χ2n) is 4.02. The first-order valence-corrected chi connectivity index (χ1v) is 5.34. The zero-order chi connectivity index (χ0) is 13.9. The van der Waals surface area contributed by atoms with Crippen LogP contribution in [0.1, 0.15) is 18.9 Å². The Labute approximate surface area is 107 Å². The van der Waals surface area contributed by atoms with Crippen molar-refractivity contribution in [2.24, 2.45) is 0 Å². The molecule has 1 aromatic rings. The van der Waals surface area contributed by atoms with E-state index in [-0.39, 0.29) is 10.6 Å². The van der Waals surface area contributed by atoms with E-state index in [1.165, 1.54) is 19.1 Å². The van der Waals surface area contributed by atoms with Crippen molar-refractivity contribution in [2.45, 2.75) is 18.8 Å². The van der Waals surface area contributed by atoms with Crippen LogP contribution in [0.3, 0.4) is 0 Å². The van der Waals surface area contributed by atoms with Crippen LogP contribution in [0, 0.1) is 5.82 Å². The Bertz CT molecular complexity index is 478. The number of carbonyl (C=O) groups is 1. The summed E-state index contributed by atoms with van der Waals surface area (Å²) in [5, 5.41) is 8.68. The molecule has 0 heterocycles. The topological polar surface area (TPSA) is 37.3 Å². The average molecular weight is 279 g/mol. The second-order valence-corrected chi connectivity index (χ2v) is 4.43. The van der Waals surface area contributed by atoms with Crippen LogP contribution in [-0.2, 0) is 10.2 Å². The zero-order valence-electron chi connectivity index (χ0n) is 9.38. The Balaban J connectivity index is 3.43. The number of hydrogen-bond donors (Lipinski definition) is 1. The van der Waals surface area contributed by atoms with Crippen molar-refractivity contribution in [1.29, 1.82) is 0 Å². The molecule has 0 fully saturated rings. The lowest BCUT2D eigenvalue weighted by molar-refractivity contribution is -0.138. The molecule has 1 N–H and O–H groups in total.